The molecule has 4 heteroatoms. The summed E-state index contributed by atoms with van der Waals surface area (Å²) < 4.78 is 5.67. The Bertz CT molecular complexity index is 193. The number of thiocarbonyl (C=S) groups is 1. The molecule has 0 amide bonds. The van der Waals surface area contributed by atoms with Gasteiger partial charge in [0.25, 0.3) is 0 Å². The third-order valence-electron chi connectivity index (χ3n) is 2.62. The Hall–Kier alpha value is -0.350. The van der Waals surface area contributed by atoms with Crippen LogP contribution < -0.4 is 5.32 Å². The average molecular weight is 230 g/mol. The number of ether oxygens (including phenoxy) is 1. The van der Waals surface area contributed by atoms with Gasteiger partial charge in [-0.1, -0.05) is 6.92 Å². The molecule has 0 spiro atoms. The fourth-order valence-corrected chi connectivity index (χ4v) is 1.88. The number of rotatable bonds is 4. The fraction of sp³-hybridized carbons (Fsp3) is 0.909. The number of nitrogens with one attached hydrogen (secondary N) is 1. The van der Waals surface area contributed by atoms with E-state index in [1.54, 1.807) is 0 Å². The lowest BCUT2D eigenvalue weighted by atomic mass is 10.1. The van der Waals surface area contributed by atoms with E-state index >= 15 is 0 Å². The first-order valence-corrected chi connectivity index (χ1v) is 6.25. The number of hydrogen-bond donors (Lipinski definition) is 1. The molecule has 1 N–H and O–H groups in total. The summed E-state index contributed by atoms with van der Waals surface area (Å²) in [6.45, 7) is 4.91. The Morgan fingerprint density at radius 1 is 1.53 bits per heavy atom. The van der Waals surface area contributed by atoms with Gasteiger partial charge in [0, 0.05) is 26.7 Å². The van der Waals surface area contributed by atoms with Crippen LogP contribution in [0.2, 0.25) is 0 Å². The van der Waals surface area contributed by atoms with Crippen LogP contribution in [0, 0.1) is 0 Å². The van der Waals surface area contributed by atoms with E-state index in [1.165, 1.54) is 19.3 Å². The van der Waals surface area contributed by atoms with E-state index in [9.17, 15) is 0 Å². The van der Waals surface area contributed by atoms with Crippen LogP contribution in [0.3, 0.4) is 0 Å². The highest BCUT2D eigenvalue weighted by atomic mass is 32.1. The molecule has 0 radical (unpaired) electrons. The van der Waals surface area contributed by atoms with Crippen LogP contribution in [-0.2, 0) is 4.74 Å². The van der Waals surface area contributed by atoms with Crippen molar-refractivity contribution in [2.24, 2.45) is 0 Å². The minimum absolute atomic E-state index is 0.366. The highest BCUT2D eigenvalue weighted by Gasteiger charge is 2.16. The molecule has 0 aromatic rings. The minimum atomic E-state index is 0.366. The molecule has 1 fully saturated rings. The Morgan fingerprint density at radius 3 is 2.93 bits per heavy atom. The van der Waals surface area contributed by atoms with Crippen LogP contribution in [0.25, 0.3) is 0 Å². The SMILES string of the molecule is CCCNC(=S)N(C)CC1CCCCO1. The van der Waals surface area contributed by atoms with E-state index < -0.39 is 0 Å². The summed E-state index contributed by atoms with van der Waals surface area (Å²) in [5.74, 6) is 0. The van der Waals surface area contributed by atoms with Crippen molar-refractivity contribution in [3.05, 3.63) is 0 Å². The Morgan fingerprint density at radius 2 is 2.33 bits per heavy atom. The van der Waals surface area contributed by atoms with Crippen LogP contribution in [0.1, 0.15) is 32.6 Å². The predicted octanol–water partition coefficient (Wildman–Crippen LogP) is 1.77. The first-order valence-electron chi connectivity index (χ1n) is 5.84. The highest BCUT2D eigenvalue weighted by Crippen LogP contribution is 2.13. The molecule has 1 atom stereocenters. The smallest absolute Gasteiger partial charge is 0.168 e. The van der Waals surface area contributed by atoms with Crippen molar-refractivity contribution in [2.45, 2.75) is 38.7 Å². The van der Waals surface area contributed by atoms with Crippen molar-refractivity contribution in [2.75, 3.05) is 26.7 Å². The molecule has 1 heterocycles. The van der Waals surface area contributed by atoms with Crippen molar-refractivity contribution in [3.63, 3.8) is 0 Å². The molecule has 0 bridgehead atoms. The lowest BCUT2D eigenvalue weighted by molar-refractivity contribution is 0.00708. The maximum Gasteiger partial charge on any atom is 0.168 e. The fourth-order valence-electron chi connectivity index (χ4n) is 1.71. The average Bonchev–Trinajstić information content (AvgIpc) is 2.27. The van der Waals surface area contributed by atoms with Crippen molar-refractivity contribution < 1.29 is 4.74 Å². The molecule has 88 valence electrons. The van der Waals surface area contributed by atoms with E-state index in [4.69, 9.17) is 17.0 Å². The van der Waals surface area contributed by atoms with Gasteiger partial charge in [0.05, 0.1) is 6.10 Å². The molecule has 1 saturated heterocycles. The van der Waals surface area contributed by atoms with E-state index in [1.807, 2.05) is 7.05 Å². The van der Waals surface area contributed by atoms with Crippen molar-refractivity contribution in [1.82, 2.24) is 10.2 Å². The molecule has 1 aliphatic rings. The summed E-state index contributed by atoms with van der Waals surface area (Å²) in [6.07, 6.45) is 5.13. The first kappa shape index (κ1) is 12.7. The summed E-state index contributed by atoms with van der Waals surface area (Å²) in [4.78, 5) is 2.08. The molecule has 0 aromatic carbocycles. The molecule has 0 saturated carbocycles. The van der Waals surface area contributed by atoms with Crippen molar-refractivity contribution in [1.29, 1.82) is 0 Å². The van der Waals surface area contributed by atoms with E-state index in [0.717, 1.165) is 31.2 Å². The second kappa shape index (κ2) is 7.01. The zero-order valence-corrected chi connectivity index (χ0v) is 10.6. The summed E-state index contributed by atoms with van der Waals surface area (Å²) in [6, 6.07) is 0. The van der Waals surface area contributed by atoms with Gasteiger partial charge in [-0.3, -0.25) is 0 Å². The summed E-state index contributed by atoms with van der Waals surface area (Å²) in [5, 5.41) is 4.06. The monoisotopic (exact) mass is 230 g/mol. The zero-order valence-electron chi connectivity index (χ0n) is 9.79. The number of nitrogens with zero attached hydrogens (tertiary/aromatic N) is 1. The summed E-state index contributed by atoms with van der Waals surface area (Å²) in [7, 11) is 2.03. The van der Waals surface area contributed by atoms with Gasteiger partial charge in [0.15, 0.2) is 5.11 Å². The van der Waals surface area contributed by atoms with Crippen molar-refractivity contribution in [3.8, 4) is 0 Å². The minimum Gasteiger partial charge on any atom is -0.376 e. The van der Waals surface area contributed by atoms with Gasteiger partial charge in [0.1, 0.15) is 0 Å². The molecule has 3 nitrogen and oxygen atoms in total. The highest BCUT2D eigenvalue weighted by molar-refractivity contribution is 7.80. The third kappa shape index (κ3) is 4.80. The normalized spacial score (nSPS) is 21.1. The third-order valence-corrected chi connectivity index (χ3v) is 3.08. The van der Waals surface area contributed by atoms with Gasteiger partial charge in [-0.05, 0) is 37.9 Å². The quantitative estimate of drug-likeness (QED) is 0.744. The standard InChI is InChI=1S/C11H22N2OS/c1-3-7-12-11(15)13(2)9-10-6-4-5-8-14-10/h10H,3-9H2,1-2H3,(H,12,15). The van der Waals surface area contributed by atoms with Gasteiger partial charge in [-0.2, -0.15) is 0 Å². The van der Waals surface area contributed by atoms with Crippen LogP contribution in [0.5, 0.6) is 0 Å². The summed E-state index contributed by atoms with van der Waals surface area (Å²) >= 11 is 5.27. The van der Waals surface area contributed by atoms with E-state index in [0.29, 0.717) is 6.10 Å². The van der Waals surface area contributed by atoms with Gasteiger partial charge in [-0.15, -0.1) is 0 Å². The predicted molar refractivity (Wildman–Crippen MR) is 67.1 cm³/mol. The Balaban J connectivity index is 2.20. The zero-order chi connectivity index (χ0) is 11.1. The molecule has 1 rings (SSSR count). The molecular weight excluding hydrogens is 208 g/mol. The van der Waals surface area contributed by atoms with Gasteiger partial charge < -0.3 is 15.0 Å². The van der Waals surface area contributed by atoms with Gasteiger partial charge >= 0.3 is 0 Å². The second-order valence-electron chi connectivity index (χ2n) is 4.10. The Labute approximate surface area is 98.2 Å². The van der Waals surface area contributed by atoms with Gasteiger partial charge in [-0.25, -0.2) is 0 Å². The molecule has 0 aliphatic carbocycles. The lowest BCUT2D eigenvalue weighted by Gasteiger charge is -2.29. The lowest BCUT2D eigenvalue weighted by Crippen LogP contribution is -2.42. The van der Waals surface area contributed by atoms with Crippen LogP contribution >= 0.6 is 12.2 Å². The Kier molecular flexibility index (Phi) is 5.95. The number of likely N-dealkylation sites (N-methyl/N-ethyl adjacent to an activating group) is 1. The van der Waals surface area contributed by atoms with E-state index in [-0.39, 0.29) is 0 Å². The maximum absolute atomic E-state index is 5.67. The van der Waals surface area contributed by atoms with Crippen LogP contribution in [0.4, 0.5) is 0 Å². The van der Waals surface area contributed by atoms with Crippen molar-refractivity contribution >= 4 is 17.3 Å². The second-order valence-corrected chi connectivity index (χ2v) is 4.49. The molecule has 0 aromatic heterocycles. The molecular formula is C11H22N2OS. The first-order chi connectivity index (χ1) is 7.24. The van der Waals surface area contributed by atoms with Crippen LogP contribution in [-0.4, -0.2) is 42.9 Å². The largest absolute Gasteiger partial charge is 0.376 e. The maximum atomic E-state index is 5.67. The number of hydrogen-bond acceptors (Lipinski definition) is 2. The molecule has 1 aliphatic heterocycles. The topological polar surface area (TPSA) is 24.5 Å². The summed E-state index contributed by atoms with van der Waals surface area (Å²) in [5.41, 5.74) is 0. The van der Waals surface area contributed by atoms with Gasteiger partial charge in [0.2, 0.25) is 0 Å². The van der Waals surface area contributed by atoms with E-state index in [2.05, 4.69) is 17.1 Å². The molecule has 1 unspecified atom stereocenters. The van der Waals surface area contributed by atoms with Crippen LogP contribution in [0.15, 0.2) is 0 Å². The molecule has 15 heavy (non-hydrogen) atoms.